The highest BCUT2D eigenvalue weighted by Gasteiger charge is 2.34. The van der Waals surface area contributed by atoms with Gasteiger partial charge in [-0.15, -0.1) is 0 Å². The third-order valence-electron chi connectivity index (χ3n) is 4.99. The van der Waals surface area contributed by atoms with E-state index in [1.165, 1.54) is 47.8 Å². The van der Waals surface area contributed by atoms with Gasteiger partial charge >= 0.3 is 0 Å². The highest BCUT2D eigenvalue weighted by Crippen LogP contribution is 2.30. The first kappa shape index (κ1) is 13.7. The number of hydrogen-bond donors (Lipinski definition) is 1. The number of hydrogen-bond acceptors (Lipinski definition) is 1. The number of benzene rings is 1. The second kappa shape index (κ2) is 5.61. The summed E-state index contributed by atoms with van der Waals surface area (Å²) in [6, 6.07) is 8.34. The standard InChI is InChI=1S/C18H26N2/c1-4-15-11-16(5-2)20(15)9-8-14-12-19-18-7-6-13(3)10-17(14)18/h6-7,10,12,15-16,19H,4-5,8-9,11H2,1-3H3. The number of H-pyrrole nitrogens is 1. The van der Waals surface area contributed by atoms with Gasteiger partial charge in [0.2, 0.25) is 0 Å². The number of nitrogens with one attached hydrogen (secondary N) is 1. The lowest BCUT2D eigenvalue weighted by atomic mass is 9.88. The van der Waals surface area contributed by atoms with E-state index in [9.17, 15) is 0 Å². The highest BCUT2D eigenvalue weighted by atomic mass is 15.2. The Morgan fingerprint density at radius 1 is 1.20 bits per heavy atom. The number of likely N-dealkylation sites (tertiary alicyclic amines) is 1. The zero-order chi connectivity index (χ0) is 14.1. The number of rotatable bonds is 5. The summed E-state index contributed by atoms with van der Waals surface area (Å²) in [6.45, 7) is 8.01. The average molecular weight is 270 g/mol. The van der Waals surface area contributed by atoms with Gasteiger partial charge in [-0.05, 0) is 50.3 Å². The van der Waals surface area contributed by atoms with Crippen LogP contribution in [-0.4, -0.2) is 28.5 Å². The zero-order valence-electron chi connectivity index (χ0n) is 12.9. The average Bonchev–Trinajstić information content (AvgIpc) is 2.81. The Balaban J connectivity index is 1.72. The van der Waals surface area contributed by atoms with Crippen LogP contribution in [0.5, 0.6) is 0 Å². The van der Waals surface area contributed by atoms with Gasteiger partial charge in [0, 0.05) is 35.7 Å². The van der Waals surface area contributed by atoms with E-state index in [1.54, 1.807) is 0 Å². The van der Waals surface area contributed by atoms with E-state index >= 15 is 0 Å². The van der Waals surface area contributed by atoms with E-state index in [0.717, 1.165) is 18.5 Å². The zero-order valence-corrected chi connectivity index (χ0v) is 12.9. The van der Waals surface area contributed by atoms with E-state index in [1.807, 2.05) is 0 Å². The SMILES string of the molecule is CCC1CC(CC)N1CCc1c[nH]c2ccc(C)cc12. The van der Waals surface area contributed by atoms with Crippen molar-refractivity contribution in [2.45, 2.75) is 58.5 Å². The molecular formula is C18H26N2. The van der Waals surface area contributed by atoms with Crippen molar-refractivity contribution in [1.82, 2.24) is 9.88 Å². The lowest BCUT2D eigenvalue weighted by molar-refractivity contribution is 0.0121. The third-order valence-corrected chi connectivity index (χ3v) is 4.99. The highest BCUT2D eigenvalue weighted by molar-refractivity contribution is 5.83. The van der Waals surface area contributed by atoms with Crippen LogP contribution in [0.1, 0.15) is 44.2 Å². The maximum absolute atomic E-state index is 3.41. The van der Waals surface area contributed by atoms with Gasteiger partial charge < -0.3 is 4.98 Å². The van der Waals surface area contributed by atoms with Crippen LogP contribution in [0.15, 0.2) is 24.4 Å². The molecule has 1 aliphatic heterocycles. The van der Waals surface area contributed by atoms with Crippen LogP contribution in [-0.2, 0) is 6.42 Å². The van der Waals surface area contributed by atoms with Crippen molar-refractivity contribution in [3.63, 3.8) is 0 Å². The summed E-state index contributed by atoms with van der Waals surface area (Å²) in [5.41, 5.74) is 4.09. The lowest BCUT2D eigenvalue weighted by Crippen LogP contribution is -2.55. The summed E-state index contributed by atoms with van der Waals surface area (Å²) in [5, 5.41) is 1.41. The fourth-order valence-electron chi connectivity index (χ4n) is 3.66. The quantitative estimate of drug-likeness (QED) is 0.859. The van der Waals surface area contributed by atoms with Crippen molar-refractivity contribution in [3.05, 3.63) is 35.5 Å². The molecule has 2 atom stereocenters. The summed E-state index contributed by atoms with van der Waals surface area (Å²) in [5.74, 6) is 0. The third kappa shape index (κ3) is 2.37. The number of fused-ring (bicyclic) bond motifs is 1. The predicted octanol–water partition coefficient (Wildman–Crippen LogP) is 4.28. The molecule has 0 radical (unpaired) electrons. The Labute approximate surface area is 122 Å². The topological polar surface area (TPSA) is 19.0 Å². The molecule has 1 N–H and O–H groups in total. The number of aromatic nitrogens is 1. The minimum absolute atomic E-state index is 0.826. The Kier molecular flexibility index (Phi) is 3.84. The van der Waals surface area contributed by atoms with Gasteiger partial charge in [0.25, 0.3) is 0 Å². The summed E-state index contributed by atoms with van der Waals surface area (Å²) in [4.78, 5) is 6.12. The van der Waals surface area contributed by atoms with E-state index < -0.39 is 0 Å². The summed E-state index contributed by atoms with van der Waals surface area (Å²) >= 11 is 0. The molecule has 1 aliphatic rings. The van der Waals surface area contributed by atoms with E-state index in [0.29, 0.717) is 0 Å². The van der Waals surface area contributed by atoms with Crippen molar-refractivity contribution in [3.8, 4) is 0 Å². The maximum atomic E-state index is 3.41. The Hall–Kier alpha value is -1.28. The molecular weight excluding hydrogens is 244 g/mol. The van der Waals surface area contributed by atoms with E-state index in [-0.39, 0.29) is 0 Å². The molecule has 0 bridgehead atoms. The van der Waals surface area contributed by atoms with Crippen molar-refractivity contribution in [2.24, 2.45) is 0 Å². The molecule has 0 amide bonds. The summed E-state index contributed by atoms with van der Waals surface area (Å²) in [6.07, 6.45) is 7.36. The molecule has 1 aromatic heterocycles. The number of nitrogens with zero attached hydrogens (tertiary/aromatic N) is 1. The normalized spacial score (nSPS) is 23.1. The van der Waals surface area contributed by atoms with Gasteiger partial charge in [-0.3, -0.25) is 4.90 Å². The van der Waals surface area contributed by atoms with Crippen LogP contribution in [0.4, 0.5) is 0 Å². The van der Waals surface area contributed by atoms with Crippen molar-refractivity contribution >= 4 is 10.9 Å². The first-order valence-electron chi connectivity index (χ1n) is 8.05. The molecule has 1 aromatic carbocycles. The second-order valence-corrected chi connectivity index (χ2v) is 6.21. The van der Waals surface area contributed by atoms with Gasteiger partial charge in [0.15, 0.2) is 0 Å². The van der Waals surface area contributed by atoms with Gasteiger partial charge in [-0.1, -0.05) is 25.5 Å². The van der Waals surface area contributed by atoms with E-state index in [2.05, 4.69) is 55.1 Å². The molecule has 1 fully saturated rings. The van der Waals surface area contributed by atoms with Crippen molar-refractivity contribution in [2.75, 3.05) is 6.54 Å². The molecule has 2 unspecified atom stereocenters. The molecule has 2 heterocycles. The smallest absolute Gasteiger partial charge is 0.0456 e. The van der Waals surface area contributed by atoms with Crippen LogP contribution in [0, 0.1) is 6.92 Å². The fourth-order valence-corrected chi connectivity index (χ4v) is 3.66. The van der Waals surface area contributed by atoms with Gasteiger partial charge in [0.1, 0.15) is 0 Å². The fraction of sp³-hybridized carbons (Fsp3) is 0.556. The molecule has 0 saturated carbocycles. The predicted molar refractivity (Wildman–Crippen MR) is 86.2 cm³/mol. The number of aryl methyl sites for hydroxylation is 1. The molecule has 2 heteroatoms. The molecule has 3 rings (SSSR count). The molecule has 0 aliphatic carbocycles. The molecule has 2 aromatic rings. The largest absolute Gasteiger partial charge is 0.361 e. The molecule has 20 heavy (non-hydrogen) atoms. The minimum atomic E-state index is 0.826. The summed E-state index contributed by atoms with van der Waals surface area (Å²) < 4.78 is 0. The van der Waals surface area contributed by atoms with Gasteiger partial charge in [-0.25, -0.2) is 0 Å². The first-order valence-corrected chi connectivity index (χ1v) is 8.05. The minimum Gasteiger partial charge on any atom is -0.361 e. The van der Waals surface area contributed by atoms with Crippen LogP contribution in [0.25, 0.3) is 10.9 Å². The van der Waals surface area contributed by atoms with Crippen molar-refractivity contribution in [1.29, 1.82) is 0 Å². The molecule has 0 spiro atoms. The lowest BCUT2D eigenvalue weighted by Gasteiger charge is -2.48. The number of aromatic amines is 1. The van der Waals surface area contributed by atoms with Crippen LogP contribution < -0.4 is 0 Å². The Morgan fingerprint density at radius 2 is 1.95 bits per heavy atom. The molecule has 2 nitrogen and oxygen atoms in total. The Morgan fingerprint density at radius 3 is 2.65 bits per heavy atom. The Bertz CT molecular complexity index is 574. The van der Waals surface area contributed by atoms with E-state index in [4.69, 9.17) is 0 Å². The van der Waals surface area contributed by atoms with Crippen LogP contribution in [0.3, 0.4) is 0 Å². The summed E-state index contributed by atoms with van der Waals surface area (Å²) in [7, 11) is 0. The second-order valence-electron chi connectivity index (χ2n) is 6.21. The van der Waals surface area contributed by atoms with Crippen molar-refractivity contribution < 1.29 is 0 Å². The van der Waals surface area contributed by atoms with Crippen LogP contribution in [0.2, 0.25) is 0 Å². The maximum Gasteiger partial charge on any atom is 0.0456 e. The monoisotopic (exact) mass is 270 g/mol. The molecule has 108 valence electrons. The van der Waals surface area contributed by atoms with Gasteiger partial charge in [-0.2, -0.15) is 0 Å². The first-order chi connectivity index (χ1) is 9.72. The van der Waals surface area contributed by atoms with Crippen LogP contribution >= 0.6 is 0 Å². The van der Waals surface area contributed by atoms with Gasteiger partial charge in [0.05, 0.1) is 0 Å². The molecule has 1 saturated heterocycles.